The first kappa shape index (κ1) is 11.4. The number of carbonyl (C=O) groups excluding carboxylic acids is 1. The highest BCUT2D eigenvalue weighted by molar-refractivity contribution is 9.11. The standard InChI is InChI=1S/C6H3Br2F2N3O/c7-2-1-11-5(3(8)12-2)13-6(14)4(9)10/h1,4H,(H,11,13,14). The average molecular weight is 331 g/mol. The molecule has 0 saturated carbocycles. The minimum absolute atomic E-state index is 0.0431. The van der Waals surface area contributed by atoms with Gasteiger partial charge in [0.1, 0.15) is 9.21 Å². The van der Waals surface area contributed by atoms with E-state index in [1.54, 1.807) is 0 Å². The van der Waals surface area contributed by atoms with Gasteiger partial charge in [0.15, 0.2) is 5.82 Å². The first-order chi connectivity index (χ1) is 6.50. The maximum absolute atomic E-state index is 11.8. The molecule has 1 aromatic heterocycles. The molecule has 14 heavy (non-hydrogen) atoms. The summed E-state index contributed by atoms with van der Waals surface area (Å²) >= 11 is 5.99. The lowest BCUT2D eigenvalue weighted by Gasteiger charge is -2.04. The summed E-state index contributed by atoms with van der Waals surface area (Å²) in [5, 5.41) is 1.91. The smallest absolute Gasteiger partial charge is 0.303 e. The predicted octanol–water partition coefficient (Wildman–Crippen LogP) is 2.21. The number of nitrogens with zero attached hydrogens (tertiary/aromatic N) is 2. The summed E-state index contributed by atoms with van der Waals surface area (Å²) in [6.07, 6.45) is -1.79. The van der Waals surface area contributed by atoms with Crippen molar-refractivity contribution in [2.24, 2.45) is 0 Å². The molecule has 0 aliphatic heterocycles. The monoisotopic (exact) mass is 329 g/mol. The third kappa shape index (κ3) is 2.95. The van der Waals surface area contributed by atoms with Gasteiger partial charge in [0.05, 0.1) is 6.20 Å². The number of hydrogen-bond acceptors (Lipinski definition) is 3. The van der Waals surface area contributed by atoms with Gasteiger partial charge >= 0.3 is 6.43 Å². The van der Waals surface area contributed by atoms with Gasteiger partial charge in [-0.05, 0) is 31.9 Å². The fourth-order valence-electron chi connectivity index (χ4n) is 0.602. The molecule has 0 unspecified atom stereocenters. The quantitative estimate of drug-likeness (QED) is 0.904. The van der Waals surface area contributed by atoms with E-state index in [0.29, 0.717) is 4.60 Å². The molecule has 0 fully saturated rings. The zero-order valence-electron chi connectivity index (χ0n) is 6.47. The van der Waals surface area contributed by atoms with Crippen molar-refractivity contribution in [1.82, 2.24) is 9.97 Å². The summed E-state index contributed by atoms with van der Waals surface area (Å²) < 4.78 is 24.3. The second kappa shape index (κ2) is 4.74. The number of alkyl halides is 2. The van der Waals surface area contributed by atoms with Crippen molar-refractivity contribution in [2.75, 3.05) is 5.32 Å². The number of halogens is 4. The van der Waals surface area contributed by atoms with Gasteiger partial charge in [0, 0.05) is 0 Å². The van der Waals surface area contributed by atoms with Crippen LogP contribution in [0.3, 0.4) is 0 Å². The van der Waals surface area contributed by atoms with Crippen molar-refractivity contribution in [2.45, 2.75) is 6.43 Å². The van der Waals surface area contributed by atoms with Gasteiger partial charge in [-0.15, -0.1) is 0 Å². The van der Waals surface area contributed by atoms with Crippen LogP contribution in [-0.2, 0) is 4.79 Å². The van der Waals surface area contributed by atoms with Gasteiger partial charge in [0.2, 0.25) is 0 Å². The summed E-state index contributed by atoms with van der Waals surface area (Å²) in [5.41, 5.74) is 0. The van der Waals surface area contributed by atoms with E-state index in [0.717, 1.165) is 0 Å². The topological polar surface area (TPSA) is 54.9 Å². The Balaban J connectivity index is 2.82. The van der Waals surface area contributed by atoms with Crippen LogP contribution in [0.4, 0.5) is 14.6 Å². The van der Waals surface area contributed by atoms with Gasteiger partial charge in [0.25, 0.3) is 5.91 Å². The lowest BCUT2D eigenvalue weighted by atomic mass is 10.6. The molecule has 1 rings (SSSR count). The van der Waals surface area contributed by atoms with E-state index < -0.39 is 12.3 Å². The van der Waals surface area contributed by atoms with E-state index >= 15 is 0 Å². The molecule has 0 radical (unpaired) electrons. The largest absolute Gasteiger partial charge is 0.315 e. The number of amides is 1. The lowest BCUT2D eigenvalue weighted by Crippen LogP contribution is -2.21. The van der Waals surface area contributed by atoms with E-state index in [9.17, 15) is 13.6 Å². The van der Waals surface area contributed by atoms with Crippen molar-refractivity contribution >= 4 is 43.6 Å². The van der Waals surface area contributed by atoms with Crippen LogP contribution in [-0.4, -0.2) is 22.3 Å². The van der Waals surface area contributed by atoms with Crippen molar-refractivity contribution in [3.8, 4) is 0 Å². The SMILES string of the molecule is O=C(Nc1ncc(Br)nc1Br)C(F)F. The zero-order chi connectivity index (χ0) is 10.7. The molecular formula is C6H3Br2F2N3O. The Hall–Kier alpha value is -0.630. The molecule has 8 heteroatoms. The molecule has 0 aliphatic rings. The molecule has 1 aromatic rings. The number of carbonyl (C=O) groups is 1. The maximum atomic E-state index is 11.8. The highest BCUT2D eigenvalue weighted by Gasteiger charge is 2.17. The third-order valence-corrected chi connectivity index (χ3v) is 2.08. The molecule has 4 nitrogen and oxygen atoms in total. The Kier molecular flexibility index (Phi) is 3.87. The van der Waals surface area contributed by atoms with Crippen LogP contribution in [0.2, 0.25) is 0 Å². The van der Waals surface area contributed by atoms with E-state index in [1.807, 2.05) is 5.32 Å². The highest BCUT2D eigenvalue weighted by atomic mass is 79.9. The third-order valence-electron chi connectivity index (χ3n) is 1.14. The molecule has 0 bridgehead atoms. The summed E-state index contributed by atoms with van der Waals surface area (Å²) in [6, 6.07) is 0. The predicted molar refractivity (Wildman–Crippen MR) is 52.1 cm³/mol. The normalized spacial score (nSPS) is 10.4. The van der Waals surface area contributed by atoms with Crippen molar-refractivity contribution in [3.05, 3.63) is 15.4 Å². The molecule has 1 amide bonds. The van der Waals surface area contributed by atoms with Crippen LogP contribution < -0.4 is 5.32 Å². The van der Waals surface area contributed by atoms with E-state index in [-0.39, 0.29) is 10.4 Å². The molecule has 1 N–H and O–H groups in total. The van der Waals surface area contributed by atoms with E-state index in [1.165, 1.54) is 6.20 Å². The maximum Gasteiger partial charge on any atom is 0.315 e. The Morgan fingerprint density at radius 3 is 2.64 bits per heavy atom. The Morgan fingerprint density at radius 2 is 2.14 bits per heavy atom. The molecule has 0 atom stereocenters. The van der Waals surface area contributed by atoms with Gasteiger partial charge in [-0.1, -0.05) is 0 Å². The Labute approximate surface area is 94.4 Å². The summed E-state index contributed by atoms with van der Waals surface area (Å²) in [5.74, 6) is -1.46. The molecule has 0 spiro atoms. The summed E-state index contributed by atoms with van der Waals surface area (Å²) in [7, 11) is 0. The number of nitrogens with one attached hydrogen (secondary N) is 1. The van der Waals surface area contributed by atoms with Gasteiger partial charge in [-0.3, -0.25) is 4.79 Å². The van der Waals surface area contributed by atoms with E-state index in [4.69, 9.17) is 0 Å². The molecule has 0 aliphatic carbocycles. The van der Waals surface area contributed by atoms with Crippen LogP contribution in [0, 0.1) is 0 Å². The highest BCUT2D eigenvalue weighted by Crippen LogP contribution is 2.19. The van der Waals surface area contributed by atoms with Gasteiger partial charge in [-0.2, -0.15) is 8.78 Å². The van der Waals surface area contributed by atoms with Crippen molar-refractivity contribution < 1.29 is 13.6 Å². The Morgan fingerprint density at radius 1 is 1.50 bits per heavy atom. The number of aromatic nitrogens is 2. The van der Waals surface area contributed by atoms with Crippen molar-refractivity contribution in [3.63, 3.8) is 0 Å². The summed E-state index contributed by atoms with van der Waals surface area (Å²) in [4.78, 5) is 18.1. The average Bonchev–Trinajstić information content (AvgIpc) is 2.09. The first-order valence-corrected chi connectivity index (χ1v) is 4.86. The summed E-state index contributed by atoms with van der Waals surface area (Å²) in [6.45, 7) is 0. The van der Waals surface area contributed by atoms with E-state index in [2.05, 4.69) is 41.8 Å². The van der Waals surface area contributed by atoms with Crippen LogP contribution in [0.1, 0.15) is 0 Å². The fourth-order valence-corrected chi connectivity index (χ4v) is 1.51. The van der Waals surface area contributed by atoms with Gasteiger partial charge < -0.3 is 5.32 Å². The zero-order valence-corrected chi connectivity index (χ0v) is 9.64. The Bertz CT molecular complexity index is 361. The molecular weight excluding hydrogens is 328 g/mol. The number of hydrogen-bond donors (Lipinski definition) is 1. The lowest BCUT2D eigenvalue weighted by molar-refractivity contribution is -0.126. The second-order valence-corrected chi connectivity index (χ2v) is 3.69. The number of rotatable bonds is 2. The van der Waals surface area contributed by atoms with Gasteiger partial charge in [-0.25, -0.2) is 9.97 Å². The number of anilines is 1. The van der Waals surface area contributed by atoms with Crippen LogP contribution in [0.25, 0.3) is 0 Å². The van der Waals surface area contributed by atoms with Crippen LogP contribution >= 0.6 is 31.9 Å². The molecule has 1 heterocycles. The van der Waals surface area contributed by atoms with Crippen LogP contribution in [0.15, 0.2) is 15.4 Å². The minimum atomic E-state index is -3.08. The minimum Gasteiger partial charge on any atom is -0.303 e. The first-order valence-electron chi connectivity index (χ1n) is 3.27. The fraction of sp³-hybridized carbons (Fsp3) is 0.167. The second-order valence-electron chi connectivity index (χ2n) is 2.12. The molecule has 76 valence electrons. The van der Waals surface area contributed by atoms with Crippen LogP contribution in [0.5, 0.6) is 0 Å². The van der Waals surface area contributed by atoms with Crippen molar-refractivity contribution in [1.29, 1.82) is 0 Å². The molecule has 0 saturated heterocycles. The molecule has 0 aromatic carbocycles.